The Morgan fingerprint density at radius 3 is 2.45 bits per heavy atom. The Balaban J connectivity index is 1.47. The SMILES string of the molecule is Cc1ccccc1-c1nn(-c2ccccc2)cc1C(=O)N1CCC(n2ccnc2)CC1. The fourth-order valence-electron chi connectivity index (χ4n) is 4.30. The van der Waals surface area contributed by atoms with Crippen LogP contribution in [0.2, 0.25) is 0 Å². The summed E-state index contributed by atoms with van der Waals surface area (Å²) in [5, 5.41) is 4.84. The number of hydrogen-bond donors (Lipinski definition) is 0. The average molecular weight is 412 g/mol. The molecule has 1 aliphatic heterocycles. The summed E-state index contributed by atoms with van der Waals surface area (Å²) in [6.07, 6.45) is 9.40. The number of likely N-dealkylation sites (tertiary alicyclic amines) is 1. The smallest absolute Gasteiger partial charge is 0.257 e. The van der Waals surface area contributed by atoms with Crippen LogP contribution in [0.5, 0.6) is 0 Å². The summed E-state index contributed by atoms with van der Waals surface area (Å²) in [6, 6.07) is 18.4. The fourth-order valence-corrected chi connectivity index (χ4v) is 4.30. The first-order valence-electron chi connectivity index (χ1n) is 10.7. The minimum absolute atomic E-state index is 0.0458. The van der Waals surface area contributed by atoms with Crippen LogP contribution in [0.4, 0.5) is 0 Å². The van der Waals surface area contributed by atoms with Crippen LogP contribution in [0.3, 0.4) is 0 Å². The number of nitrogens with zero attached hydrogens (tertiary/aromatic N) is 5. The van der Waals surface area contributed by atoms with Crippen LogP contribution in [0.15, 0.2) is 79.5 Å². The molecule has 2 aromatic carbocycles. The maximum atomic E-state index is 13.6. The lowest BCUT2D eigenvalue weighted by atomic mass is 10.0. The van der Waals surface area contributed by atoms with Crippen LogP contribution >= 0.6 is 0 Å². The van der Waals surface area contributed by atoms with Crippen molar-refractivity contribution in [2.45, 2.75) is 25.8 Å². The first-order chi connectivity index (χ1) is 15.2. The highest BCUT2D eigenvalue weighted by molar-refractivity contribution is 6.00. The van der Waals surface area contributed by atoms with Crippen molar-refractivity contribution in [3.63, 3.8) is 0 Å². The number of carbonyl (C=O) groups excluding carboxylic acids is 1. The molecule has 1 fully saturated rings. The number of carbonyl (C=O) groups is 1. The zero-order valence-electron chi connectivity index (χ0n) is 17.6. The first kappa shape index (κ1) is 19.3. The second kappa shape index (κ2) is 8.22. The average Bonchev–Trinajstić information content (AvgIpc) is 3.50. The molecule has 0 spiro atoms. The number of piperidine rings is 1. The van der Waals surface area contributed by atoms with Crippen molar-refractivity contribution in [2.24, 2.45) is 0 Å². The third kappa shape index (κ3) is 3.77. The molecule has 6 heteroatoms. The molecule has 5 rings (SSSR count). The van der Waals surface area contributed by atoms with E-state index >= 15 is 0 Å². The van der Waals surface area contributed by atoms with Gasteiger partial charge >= 0.3 is 0 Å². The minimum atomic E-state index is 0.0458. The molecule has 156 valence electrons. The Kier molecular flexibility index (Phi) is 5.12. The number of imidazole rings is 1. The van der Waals surface area contributed by atoms with E-state index in [1.807, 2.05) is 83.0 Å². The molecule has 0 unspecified atom stereocenters. The first-order valence-corrected chi connectivity index (χ1v) is 10.7. The second-order valence-electron chi connectivity index (χ2n) is 8.02. The van der Waals surface area contributed by atoms with Gasteiger partial charge in [-0.05, 0) is 37.5 Å². The number of para-hydroxylation sites is 1. The van der Waals surface area contributed by atoms with E-state index in [1.165, 1.54) is 0 Å². The molecule has 0 radical (unpaired) electrons. The Morgan fingerprint density at radius 1 is 1.00 bits per heavy atom. The molecule has 31 heavy (non-hydrogen) atoms. The number of aryl methyl sites for hydroxylation is 1. The van der Waals surface area contributed by atoms with Gasteiger partial charge in [-0.1, -0.05) is 42.5 Å². The van der Waals surface area contributed by atoms with Crippen molar-refractivity contribution in [3.05, 3.63) is 90.6 Å². The number of amides is 1. The molecule has 6 nitrogen and oxygen atoms in total. The molecular formula is C25H25N5O. The third-order valence-electron chi connectivity index (χ3n) is 6.06. The summed E-state index contributed by atoms with van der Waals surface area (Å²) in [5.74, 6) is 0.0458. The van der Waals surface area contributed by atoms with Gasteiger partial charge in [-0.25, -0.2) is 9.67 Å². The van der Waals surface area contributed by atoms with E-state index < -0.39 is 0 Å². The van der Waals surface area contributed by atoms with Crippen molar-refractivity contribution in [3.8, 4) is 16.9 Å². The van der Waals surface area contributed by atoms with E-state index in [0.717, 1.165) is 48.4 Å². The van der Waals surface area contributed by atoms with Gasteiger partial charge in [-0.2, -0.15) is 5.10 Å². The lowest BCUT2D eigenvalue weighted by Crippen LogP contribution is -2.39. The van der Waals surface area contributed by atoms with Gasteiger partial charge in [0.05, 0.1) is 17.6 Å². The van der Waals surface area contributed by atoms with Crippen LogP contribution in [0, 0.1) is 6.92 Å². The number of hydrogen-bond acceptors (Lipinski definition) is 3. The number of benzene rings is 2. The normalized spacial score (nSPS) is 14.7. The largest absolute Gasteiger partial charge is 0.338 e. The van der Waals surface area contributed by atoms with Gasteiger partial charge in [0.2, 0.25) is 0 Å². The Morgan fingerprint density at radius 2 is 1.74 bits per heavy atom. The lowest BCUT2D eigenvalue weighted by Gasteiger charge is -2.32. The molecule has 3 heterocycles. The van der Waals surface area contributed by atoms with Crippen LogP contribution in [0.1, 0.15) is 34.8 Å². The molecule has 0 N–H and O–H groups in total. The maximum absolute atomic E-state index is 13.6. The molecule has 2 aromatic heterocycles. The predicted molar refractivity (Wildman–Crippen MR) is 120 cm³/mol. The minimum Gasteiger partial charge on any atom is -0.338 e. The summed E-state index contributed by atoms with van der Waals surface area (Å²) in [6.45, 7) is 3.51. The second-order valence-corrected chi connectivity index (χ2v) is 8.02. The standard InChI is InChI=1S/C25H25N5O/c1-19-7-5-6-10-22(19)24-23(17-30(27-24)21-8-3-2-4-9-21)25(31)28-14-11-20(12-15-28)29-16-13-26-18-29/h2-10,13,16-18,20H,11-12,14-15H2,1H3. The van der Waals surface area contributed by atoms with E-state index in [-0.39, 0.29) is 5.91 Å². The number of aromatic nitrogens is 4. The number of rotatable bonds is 4. The van der Waals surface area contributed by atoms with E-state index in [0.29, 0.717) is 11.6 Å². The summed E-state index contributed by atoms with van der Waals surface area (Å²) < 4.78 is 3.96. The highest BCUT2D eigenvalue weighted by atomic mass is 16.2. The fraction of sp³-hybridized carbons (Fsp3) is 0.240. The van der Waals surface area contributed by atoms with Gasteiger partial charge in [-0.3, -0.25) is 4.79 Å². The van der Waals surface area contributed by atoms with Crippen LogP contribution in [-0.2, 0) is 0 Å². The molecule has 4 aromatic rings. The quantitative estimate of drug-likeness (QED) is 0.496. The van der Waals surface area contributed by atoms with Crippen molar-refractivity contribution < 1.29 is 4.79 Å². The van der Waals surface area contributed by atoms with Gasteiger partial charge in [-0.15, -0.1) is 0 Å². The molecule has 1 aliphatic rings. The van der Waals surface area contributed by atoms with Crippen molar-refractivity contribution in [2.75, 3.05) is 13.1 Å². The van der Waals surface area contributed by atoms with Crippen molar-refractivity contribution in [1.82, 2.24) is 24.2 Å². The predicted octanol–water partition coefficient (Wildman–Crippen LogP) is 4.52. The monoisotopic (exact) mass is 411 g/mol. The summed E-state index contributed by atoms with van der Waals surface area (Å²) in [7, 11) is 0. The van der Waals surface area contributed by atoms with Crippen molar-refractivity contribution in [1.29, 1.82) is 0 Å². The molecule has 0 aliphatic carbocycles. The molecular weight excluding hydrogens is 386 g/mol. The Labute approximate surface area is 181 Å². The van der Waals surface area contributed by atoms with E-state index in [2.05, 4.69) is 22.5 Å². The molecule has 0 bridgehead atoms. The molecule has 0 saturated carbocycles. The highest BCUT2D eigenvalue weighted by Crippen LogP contribution is 2.29. The van der Waals surface area contributed by atoms with Crippen LogP contribution in [-0.4, -0.2) is 43.2 Å². The van der Waals surface area contributed by atoms with Gasteiger partial charge in [0.1, 0.15) is 5.69 Å². The van der Waals surface area contributed by atoms with Gasteiger partial charge < -0.3 is 9.47 Å². The zero-order valence-corrected chi connectivity index (χ0v) is 17.6. The lowest BCUT2D eigenvalue weighted by molar-refractivity contribution is 0.0695. The van der Waals surface area contributed by atoms with E-state index in [9.17, 15) is 4.79 Å². The van der Waals surface area contributed by atoms with Gasteiger partial charge in [0, 0.05) is 43.3 Å². The van der Waals surface area contributed by atoms with Crippen molar-refractivity contribution >= 4 is 5.91 Å². The molecule has 0 atom stereocenters. The summed E-state index contributed by atoms with van der Waals surface area (Å²) in [4.78, 5) is 19.7. The van der Waals surface area contributed by atoms with Crippen LogP contribution in [0.25, 0.3) is 16.9 Å². The molecule has 1 saturated heterocycles. The Bertz CT molecular complexity index is 1170. The van der Waals surface area contributed by atoms with E-state index in [1.54, 1.807) is 0 Å². The third-order valence-corrected chi connectivity index (χ3v) is 6.06. The maximum Gasteiger partial charge on any atom is 0.257 e. The van der Waals surface area contributed by atoms with Gasteiger partial charge in [0.15, 0.2) is 0 Å². The zero-order chi connectivity index (χ0) is 21.2. The topological polar surface area (TPSA) is 56.0 Å². The molecule has 1 amide bonds. The highest BCUT2D eigenvalue weighted by Gasteiger charge is 2.28. The van der Waals surface area contributed by atoms with E-state index in [4.69, 9.17) is 5.10 Å². The van der Waals surface area contributed by atoms with Gasteiger partial charge in [0.25, 0.3) is 5.91 Å². The summed E-state index contributed by atoms with van der Waals surface area (Å²) >= 11 is 0. The summed E-state index contributed by atoms with van der Waals surface area (Å²) in [5.41, 5.74) is 4.43. The van der Waals surface area contributed by atoms with Crippen LogP contribution < -0.4 is 0 Å². The Hall–Kier alpha value is -3.67.